The van der Waals surface area contributed by atoms with E-state index in [9.17, 15) is 26.3 Å². The molecule has 2 nitrogen and oxygen atoms in total. The lowest BCUT2D eigenvalue weighted by molar-refractivity contribution is -0.322. The molecule has 0 spiro atoms. The van der Waals surface area contributed by atoms with E-state index in [0.717, 1.165) is 0 Å². The Morgan fingerprint density at radius 2 is 1.30 bits per heavy atom. The SMILES string of the molecule is CC(C)(C)[Si](C)(C)OCC(F)(F)C(F)(F)C(F)(F)CO. The van der Waals surface area contributed by atoms with E-state index in [1.165, 1.54) is 13.1 Å². The van der Waals surface area contributed by atoms with Gasteiger partial charge in [-0.15, -0.1) is 0 Å². The van der Waals surface area contributed by atoms with Gasteiger partial charge in [0, 0.05) is 0 Å². The molecule has 0 aromatic carbocycles. The van der Waals surface area contributed by atoms with Gasteiger partial charge in [0.25, 0.3) is 0 Å². The summed E-state index contributed by atoms with van der Waals surface area (Å²) in [6.45, 7) is 3.96. The van der Waals surface area contributed by atoms with Gasteiger partial charge < -0.3 is 9.53 Å². The van der Waals surface area contributed by atoms with Gasteiger partial charge in [0.05, 0.1) is 0 Å². The van der Waals surface area contributed by atoms with Crippen molar-refractivity contribution in [1.82, 2.24) is 0 Å². The predicted octanol–water partition coefficient (Wildman–Crippen LogP) is 3.91. The molecule has 9 heteroatoms. The highest BCUT2D eigenvalue weighted by molar-refractivity contribution is 6.74. The number of alkyl halides is 6. The van der Waals surface area contributed by atoms with Crippen molar-refractivity contribution in [3.8, 4) is 0 Å². The smallest absolute Gasteiger partial charge is 0.376 e. The molecule has 0 aromatic heterocycles. The summed E-state index contributed by atoms with van der Waals surface area (Å²) < 4.78 is 83.4. The van der Waals surface area contributed by atoms with Crippen LogP contribution in [0.2, 0.25) is 18.1 Å². The Labute approximate surface area is 115 Å². The second-order valence-corrected chi connectivity index (χ2v) is 11.0. The van der Waals surface area contributed by atoms with Crippen LogP contribution in [0.1, 0.15) is 20.8 Å². The molecule has 0 saturated carbocycles. The molecular weight excluding hydrogens is 306 g/mol. The Hall–Kier alpha value is -0.283. The quantitative estimate of drug-likeness (QED) is 0.592. The lowest BCUT2D eigenvalue weighted by Gasteiger charge is -2.39. The number of halogens is 6. The zero-order valence-electron chi connectivity index (χ0n) is 12.0. The van der Waals surface area contributed by atoms with Gasteiger partial charge in [-0.2, -0.15) is 26.3 Å². The Morgan fingerprint density at radius 1 is 0.900 bits per heavy atom. The maximum absolute atomic E-state index is 13.4. The Balaban J connectivity index is 5.11. The average molecular weight is 326 g/mol. The molecule has 0 heterocycles. The molecule has 0 saturated heterocycles. The topological polar surface area (TPSA) is 29.5 Å². The van der Waals surface area contributed by atoms with E-state index in [-0.39, 0.29) is 0 Å². The first-order valence-corrected chi connectivity index (χ1v) is 8.81. The minimum absolute atomic E-state index is 0.530. The van der Waals surface area contributed by atoms with Gasteiger partial charge >= 0.3 is 17.8 Å². The molecule has 0 aliphatic rings. The van der Waals surface area contributed by atoms with E-state index in [2.05, 4.69) is 0 Å². The van der Waals surface area contributed by atoms with Crippen LogP contribution >= 0.6 is 0 Å². The first-order chi connectivity index (χ1) is 8.52. The van der Waals surface area contributed by atoms with Gasteiger partial charge in [0.15, 0.2) is 8.32 Å². The van der Waals surface area contributed by atoms with Gasteiger partial charge in [0.1, 0.15) is 13.2 Å². The van der Waals surface area contributed by atoms with Crippen molar-refractivity contribution in [3.63, 3.8) is 0 Å². The van der Waals surface area contributed by atoms with Gasteiger partial charge in [-0.1, -0.05) is 20.8 Å². The standard InChI is InChI=1S/C11H20F6O2Si/c1-8(2,3)20(4,5)19-7-10(14,15)11(16,17)9(12,13)6-18/h18H,6-7H2,1-5H3. The first-order valence-electron chi connectivity index (χ1n) is 5.90. The van der Waals surface area contributed by atoms with E-state index >= 15 is 0 Å². The lowest BCUT2D eigenvalue weighted by Crippen LogP contribution is -2.59. The fourth-order valence-corrected chi connectivity index (χ4v) is 1.92. The minimum Gasteiger partial charge on any atom is -0.410 e. The number of hydrogen-bond acceptors (Lipinski definition) is 2. The summed E-state index contributed by atoms with van der Waals surface area (Å²) in [5.74, 6) is -16.0. The van der Waals surface area contributed by atoms with Crippen LogP contribution < -0.4 is 0 Å². The summed E-state index contributed by atoms with van der Waals surface area (Å²) in [5, 5.41) is 7.62. The summed E-state index contributed by atoms with van der Waals surface area (Å²) in [4.78, 5) is 0. The van der Waals surface area contributed by atoms with E-state index in [4.69, 9.17) is 9.53 Å². The third kappa shape index (κ3) is 3.67. The predicted molar refractivity (Wildman–Crippen MR) is 65.1 cm³/mol. The fraction of sp³-hybridized carbons (Fsp3) is 1.00. The molecule has 0 bridgehead atoms. The van der Waals surface area contributed by atoms with Crippen LogP contribution in [0.25, 0.3) is 0 Å². The van der Waals surface area contributed by atoms with Crippen molar-refractivity contribution in [2.45, 2.75) is 56.7 Å². The van der Waals surface area contributed by atoms with Gasteiger partial charge in [-0.05, 0) is 18.1 Å². The van der Waals surface area contributed by atoms with Crippen molar-refractivity contribution in [2.24, 2.45) is 0 Å². The second-order valence-electron chi connectivity index (χ2n) is 6.19. The van der Waals surface area contributed by atoms with Crippen molar-refractivity contribution >= 4 is 8.32 Å². The maximum atomic E-state index is 13.4. The van der Waals surface area contributed by atoms with Gasteiger partial charge in [-0.25, -0.2) is 0 Å². The van der Waals surface area contributed by atoms with Crippen LogP contribution in [-0.4, -0.2) is 44.4 Å². The van der Waals surface area contributed by atoms with Crippen LogP contribution in [0.3, 0.4) is 0 Å². The normalized spacial score (nSPS) is 15.6. The Kier molecular flexibility index (Phi) is 5.41. The summed E-state index contributed by atoms with van der Waals surface area (Å²) in [6.07, 6.45) is 0. The molecule has 0 radical (unpaired) electrons. The molecule has 1 N–H and O–H groups in total. The molecule has 0 aliphatic carbocycles. The highest BCUT2D eigenvalue weighted by Crippen LogP contribution is 2.46. The lowest BCUT2D eigenvalue weighted by atomic mass is 10.1. The molecule has 20 heavy (non-hydrogen) atoms. The van der Waals surface area contributed by atoms with Crippen LogP contribution in [0.4, 0.5) is 26.3 Å². The number of aliphatic hydroxyl groups is 1. The largest absolute Gasteiger partial charge is 0.410 e. The Bertz CT molecular complexity index is 338. The van der Waals surface area contributed by atoms with E-state index < -0.39 is 44.3 Å². The van der Waals surface area contributed by atoms with Crippen LogP contribution in [0.15, 0.2) is 0 Å². The van der Waals surface area contributed by atoms with E-state index in [0.29, 0.717) is 0 Å². The number of aliphatic hydroxyl groups excluding tert-OH is 1. The van der Waals surface area contributed by atoms with E-state index in [1.807, 2.05) is 0 Å². The molecule has 0 aromatic rings. The molecule has 0 atom stereocenters. The summed E-state index contributed by atoms with van der Waals surface area (Å²) >= 11 is 0. The summed E-state index contributed by atoms with van der Waals surface area (Å²) in [5.41, 5.74) is 0. The number of rotatable bonds is 6. The van der Waals surface area contributed by atoms with Crippen molar-refractivity contribution in [2.75, 3.05) is 13.2 Å². The molecule has 0 amide bonds. The minimum atomic E-state index is -5.68. The molecule has 0 fully saturated rings. The monoisotopic (exact) mass is 326 g/mol. The molecule has 0 aliphatic heterocycles. The maximum Gasteiger partial charge on any atom is 0.376 e. The van der Waals surface area contributed by atoms with E-state index in [1.54, 1.807) is 20.8 Å². The van der Waals surface area contributed by atoms with Crippen LogP contribution in [0, 0.1) is 0 Å². The van der Waals surface area contributed by atoms with Gasteiger partial charge in [-0.3, -0.25) is 0 Å². The third-order valence-corrected chi connectivity index (χ3v) is 8.02. The van der Waals surface area contributed by atoms with Crippen LogP contribution in [0.5, 0.6) is 0 Å². The van der Waals surface area contributed by atoms with Gasteiger partial charge in [0.2, 0.25) is 0 Å². The summed E-state index contributed by atoms with van der Waals surface area (Å²) in [6, 6.07) is 0. The highest BCUT2D eigenvalue weighted by atomic mass is 28.4. The zero-order valence-corrected chi connectivity index (χ0v) is 13.0. The third-order valence-electron chi connectivity index (χ3n) is 3.54. The molecule has 122 valence electrons. The number of hydrogen-bond donors (Lipinski definition) is 1. The summed E-state index contributed by atoms with van der Waals surface area (Å²) in [7, 11) is -2.78. The highest BCUT2D eigenvalue weighted by Gasteiger charge is 2.71. The molecule has 0 unspecified atom stereocenters. The van der Waals surface area contributed by atoms with Crippen molar-refractivity contribution < 1.29 is 35.9 Å². The first kappa shape index (κ1) is 19.7. The van der Waals surface area contributed by atoms with Crippen LogP contribution in [-0.2, 0) is 4.43 Å². The second kappa shape index (κ2) is 5.49. The fourth-order valence-electron chi connectivity index (χ4n) is 0.945. The Morgan fingerprint density at radius 3 is 1.60 bits per heavy atom. The van der Waals surface area contributed by atoms with Crippen molar-refractivity contribution in [3.05, 3.63) is 0 Å². The molecular formula is C11H20F6O2Si. The zero-order chi connectivity index (χ0) is 16.6. The van der Waals surface area contributed by atoms with Crippen molar-refractivity contribution in [1.29, 1.82) is 0 Å². The molecule has 0 rings (SSSR count). The average Bonchev–Trinajstić information content (AvgIpc) is 2.24.